The van der Waals surface area contributed by atoms with E-state index in [1.165, 1.54) is 11.3 Å². The lowest BCUT2D eigenvalue weighted by atomic mass is 10.3. The summed E-state index contributed by atoms with van der Waals surface area (Å²) < 4.78 is 18.8. The molecular formula is C17H19NO9. The second-order valence-corrected chi connectivity index (χ2v) is 4.78. The summed E-state index contributed by atoms with van der Waals surface area (Å²) in [5.41, 5.74) is 0. The molecule has 27 heavy (non-hydrogen) atoms. The van der Waals surface area contributed by atoms with Crippen molar-refractivity contribution >= 4 is 23.9 Å². The molecule has 146 valence electrons. The molecule has 0 amide bonds. The minimum atomic E-state index is -0.925. The van der Waals surface area contributed by atoms with Crippen molar-refractivity contribution in [3.8, 4) is 0 Å². The first kappa shape index (κ1) is 21.5. The first-order chi connectivity index (χ1) is 12.9. The molecule has 1 heterocycles. The van der Waals surface area contributed by atoms with E-state index in [0.29, 0.717) is 0 Å². The van der Waals surface area contributed by atoms with Crippen molar-refractivity contribution in [2.75, 3.05) is 27.4 Å². The molecule has 0 saturated heterocycles. The summed E-state index contributed by atoms with van der Waals surface area (Å²) in [6.07, 6.45) is 8.93. The Bertz CT molecular complexity index is 663. The van der Waals surface area contributed by atoms with E-state index in [1.807, 2.05) is 0 Å². The molecule has 0 radical (unpaired) electrons. The average Bonchev–Trinajstić information content (AvgIpc) is 2.68. The van der Waals surface area contributed by atoms with E-state index in [-0.39, 0.29) is 13.2 Å². The van der Waals surface area contributed by atoms with Crippen LogP contribution in [0.25, 0.3) is 0 Å². The highest BCUT2D eigenvalue weighted by Crippen LogP contribution is 2.06. The predicted octanol–water partition coefficient (Wildman–Crippen LogP) is 0.174. The Balaban J connectivity index is 2.64. The number of nitrogens with zero attached hydrogens (tertiary/aromatic N) is 1. The van der Waals surface area contributed by atoms with Gasteiger partial charge in [-0.25, -0.2) is 24.2 Å². The Hall–Kier alpha value is -3.56. The van der Waals surface area contributed by atoms with Gasteiger partial charge < -0.3 is 23.8 Å². The van der Waals surface area contributed by atoms with Crippen LogP contribution in [0, 0.1) is 0 Å². The maximum Gasteiger partial charge on any atom is 0.331 e. The van der Waals surface area contributed by atoms with Crippen LogP contribution in [0.2, 0.25) is 0 Å². The number of hydrogen-bond donors (Lipinski definition) is 0. The molecule has 0 aromatic rings. The Morgan fingerprint density at radius 2 is 1.52 bits per heavy atom. The summed E-state index contributed by atoms with van der Waals surface area (Å²) in [7, 11) is 2.32. The topological polar surface area (TPSA) is 118 Å². The predicted molar refractivity (Wildman–Crippen MR) is 89.2 cm³/mol. The Kier molecular flexibility index (Phi) is 9.47. The first-order valence-electron chi connectivity index (χ1n) is 7.60. The van der Waals surface area contributed by atoms with E-state index in [1.54, 1.807) is 18.4 Å². The standard InChI is InChI=1S/C17H19NO9/c1-23-14(19)5-7-16(21)25-12-13(11-18-9-3-4-10-26-18)27-17(22)8-6-15(20)24-2/h3-10,13H,11-12H2,1-2H3/b7-5+,8-6+. The third-order valence-corrected chi connectivity index (χ3v) is 2.83. The van der Waals surface area contributed by atoms with Crippen molar-refractivity contribution in [1.82, 2.24) is 5.06 Å². The molecule has 1 aliphatic heterocycles. The van der Waals surface area contributed by atoms with Crippen LogP contribution >= 0.6 is 0 Å². The maximum absolute atomic E-state index is 11.8. The molecule has 10 heteroatoms. The van der Waals surface area contributed by atoms with Gasteiger partial charge in [-0.05, 0) is 12.2 Å². The second-order valence-electron chi connectivity index (χ2n) is 4.78. The zero-order chi connectivity index (χ0) is 20.1. The molecule has 0 aliphatic carbocycles. The molecule has 1 unspecified atom stereocenters. The van der Waals surface area contributed by atoms with Gasteiger partial charge in [0.2, 0.25) is 0 Å². The van der Waals surface area contributed by atoms with Gasteiger partial charge in [0.1, 0.15) is 12.9 Å². The van der Waals surface area contributed by atoms with Crippen molar-refractivity contribution in [2.45, 2.75) is 6.10 Å². The Morgan fingerprint density at radius 1 is 0.926 bits per heavy atom. The fourth-order valence-electron chi connectivity index (χ4n) is 1.60. The van der Waals surface area contributed by atoms with Crippen LogP contribution in [-0.2, 0) is 43.0 Å². The summed E-state index contributed by atoms with van der Waals surface area (Å²) in [6, 6.07) is 0. The lowest BCUT2D eigenvalue weighted by Gasteiger charge is -2.25. The number of allylic oxidation sites excluding steroid dienone is 2. The largest absolute Gasteiger partial charge is 0.466 e. The molecule has 1 aliphatic rings. The summed E-state index contributed by atoms with van der Waals surface area (Å²) in [6.45, 7) is -0.286. The minimum absolute atomic E-state index is 0.0344. The number of carbonyl (C=O) groups is 4. The number of ether oxygens (including phenoxy) is 4. The zero-order valence-corrected chi connectivity index (χ0v) is 14.7. The molecule has 0 bridgehead atoms. The van der Waals surface area contributed by atoms with E-state index in [9.17, 15) is 19.2 Å². The SMILES string of the molecule is COC(=O)/C=C/C(=O)OCC(CN1C=CC=CO1)OC(=O)/C=C/C(=O)OC. The van der Waals surface area contributed by atoms with Gasteiger partial charge in [0.05, 0.1) is 20.8 Å². The minimum Gasteiger partial charge on any atom is -0.466 e. The van der Waals surface area contributed by atoms with Crippen molar-refractivity contribution in [2.24, 2.45) is 0 Å². The van der Waals surface area contributed by atoms with Crippen molar-refractivity contribution in [1.29, 1.82) is 0 Å². The fourth-order valence-corrected chi connectivity index (χ4v) is 1.60. The van der Waals surface area contributed by atoms with E-state index in [2.05, 4.69) is 9.47 Å². The lowest BCUT2D eigenvalue weighted by molar-refractivity contribution is -0.160. The maximum atomic E-state index is 11.8. The van der Waals surface area contributed by atoms with Crippen LogP contribution in [0.15, 0.2) is 48.9 Å². The van der Waals surface area contributed by atoms with Crippen molar-refractivity contribution < 1.29 is 43.0 Å². The van der Waals surface area contributed by atoms with Crippen LogP contribution in [0.3, 0.4) is 0 Å². The summed E-state index contributed by atoms with van der Waals surface area (Å²) >= 11 is 0. The quantitative estimate of drug-likeness (QED) is 0.311. The van der Waals surface area contributed by atoms with Gasteiger partial charge in [0.15, 0.2) is 6.10 Å². The van der Waals surface area contributed by atoms with Crippen molar-refractivity contribution in [3.05, 3.63) is 48.9 Å². The summed E-state index contributed by atoms with van der Waals surface area (Å²) in [5.74, 6) is -3.12. The lowest BCUT2D eigenvalue weighted by Crippen LogP contribution is -2.35. The van der Waals surface area contributed by atoms with Gasteiger partial charge in [0.25, 0.3) is 0 Å². The molecule has 1 atom stereocenters. The number of methoxy groups -OCH3 is 2. The third kappa shape index (κ3) is 9.48. The van der Waals surface area contributed by atoms with Crippen LogP contribution in [0.5, 0.6) is 0 Å². The monoisotopic (exact) mass is 381 g/mol. The first-order valence-corrected chi connectivity index (χ1v) is 7.60. The number of hydroxylamine groups is 2. The average molecular weight is 381 g/mol. The van der Waals surface area contributed by atoms with E-state index in [0.717, 1.165) is 38.5 Å². The van der Waals surface area contributed by atoms with Crippen LogP contribution in [0.1, 0.15) is 0 Å². The summed E-state index contributed by atoms with van der Waals surface area (Å²) in [4.78, 5) is 50.5. The fraction of sp³-hybridized carbons (Fsp3) is 0.294. The molecule has 0 fully saturated rings. The highest BCUT2D eigenvalue weighted by molar-refractivity contribution is 5.92. The van der Waals surface area contributed by atoms with Gasteiger partial charge in [-0.1, -0.05) is 0 Å². The molecule has 0 N–H and O–H groups in total. The van der Waals surface area contributed by atoms with Gasteiger partial charge >= 0.3 is 23.9 Å². The molecule has 0 spiro atoms. The van der Waals surface area contributed by atoms with E-state index in [4.69, 9.17) is 14.3 Å². The van der Waals surface area contributed by atoms with Gasteiger partial charge in [0, 0.05) is 30.5 Å². The van der Waals surface area contributed by atoms with Crippen molar-refractivity contribution in [3.63, 3.8) is 0 Å². The van der Waals surface area contributed by atoms with Gasteiger partial charge in [-0.15, -0.1) is 0 Å². The highest BCUT2D eigenvalue weighted by atomic mass is 16.7. The van der Waals surface area contributed by atoms with Crippen LogP contribution < -0.4 is 0 Å². The van der Waals surface area contributed by atoms with Crippen LogP contribution in [0.4, 0.5) is 0 Å². The van der Waals surface area contributed by atoms with Gasteiger partial charge in [-0.2, -0.15) is 0 Å². The third-order valence-electron chi connectivity index (χ3n) is 2.83. The van der Waals surface area contributed by atoms with Gasteiger partial charge in [-0.3, -0.25) is 0 Å². The number of rotatable bonds is 9. The zero-order valence-electron chi connectivity index (χ0n) is 14.7. The summed E-state index contributed by atoms with van der Waals surface area (Å²) in [5, 5.41) is 1.35. The Morgan fingerprint density at radius 3 is 2.07 bits per heavy atom. The number of carbonyl (C=O) groups excluding carboxylic acids is 4. The highest BCUT2D eigenvalue weighted by Gasteiger charge is 2.19. The number of esters is 4. The Labute approximate surface area is 155 Å². The molecule has 0 saturated carbocycles. The van der Waals surface area contributed by atoms with Crippen LogP contribution in [-0.4, -0.2) is 62.4 Å². The number of hydrogen-bond acceptors (Lipinski definition) is 10. The smallest absolute Gasteiger partial charge is 0.331 e. The van der Waals surface area contributed by atoms with E-state index < -0.39 is 30.0 Å². The molecule has 0 aromatic heterocycles. The molecule has 0 aromatic carbocycles. The molecular weight excluding hydrogens is 362 g/mol. The normalized spacial score (nSPS) is 13.9. The molecule has 10 nitrogen and oxygen atoms in total. The molecule has 1 rings (SSSR count). The van der Waals surface area contributed by atoms with E-state index >= 15 is 0 Å². The second kappa shape index (κ2) is 11.9.